The smallest absolute Gasteiger partial charge is 0.0816 e. The van der Waals surface area contributed by atoms with Crippen molar-refractivity contribution >= 4 is 0 Å². The lowest BCUT2D eigenvalue weighted by Crippen LogP contribution is -2.59. The second-order valence-corrected chi connectivity index (χ2v) is 7.50. The summed E-state index contributed by atoms with van der Waals surface area (Å²) in [5, 5.41) is 0. The van der Waals surface area contributed by atoms with Gasteiger partial charge in [0.05, 0.1) is 25.4 Å². The molecule has 1 aliphatic heterocycles. The summed E-state index contributed by atoms with van der Waals surface area (Å²) < 4.78 is 12.1. The van der Waals surface area contributed by atoms with E-state index in [1.165, 1.54) is 11.1 Å². The first-order valence-corrected chi connectivity index (χ1v) is 10.3. The van der Waals surface area contributed by atoms with Gasteiger partial charge in [0.1, 0.15) is 0 Å². The molecule has 1 spiro atoms. The predicted octanol–water partition coefficient (Wildman–Crippen LogP) is 4.91. The lowest BCUT2D eigenvalue weighted by molar-refractivity contribution is -0.184. The summed E-state index contributed by atoms with van der Waals surface area (Å²) in [5.41, 5.74) is 2.72. The van der Waals surface area contributed by atoms with E-state index in [4.69, 9.17) is 9.47 Å². The van der Waals surface area contributed by atoms with Crippen LogP contribution in [0.3, 0.4) is 0 Å². The van der Waals surface area contributed by atoms with Crippen LogP contribution in [0.25, 0.3) is 0 Å². The Morgan fingerprint density at radius 3 is 2.26 bits per heavy atom. The molecule has 3 heteroatoms. The van der Waals surface area contributed by atoms with Crippen LogP contribution in [-0.4, -0.2) is 36.8 Å². The fraction of sp³-hybridized carbons (Fsp3) is 0.500. The average Bonchev–Trinajstić information content (AvgIpc) is 2.70. The first kappa shape index (κ1) is 20.1. The Hall–Kier alpha value is -1.68. The minimum atomic E-state index is 0.0772. The summed E-state index contributed by atoms with van der Waals surface area (Å²) in [7, 11) is 0. The second kappa shape index (κ2) is 10.0. The highest BCUT2D eigenvalue weighted by Crippen LogP contribution is 2.43. The summed E-state index contributed by atoms with van der Waals surface area (Å²) in [4.78, 5) is 2.54. The Morgan fingerprint density at radius 2 is 1.59 bits per heavy atom. The van der Waals surface area contributed by atoms with Gasteiger partial charge in [0.25, 0.3) is 0 Å². The summed E-state index contributed by atoms with van der Waals surface area (Å²) in [6.45, 7) is 9.53. The monoisotopic (exact) mass is 367 g/mol. The molecule has 4 rings (SSSR count). The SMILES string of the molecule is CC.c1ccc(COCC2CC3(C2)CN(Cc2ccccc2)CCO3)cc1. The highest BCUT2D eigenvalue weighted by atomic mass is 16.5. The third-order valence-corrected chi connectivity index (χ3v) is 5.36. The predicted molar refractivity (Wildman–Crippen MR) is 111 cm³/mol. The van der Waals surface area contributed by atoms with Crippen LogP contribution in [0.15, 0.2) is 60.7 Å². The molecule has 0 aromatic heterocycles. The summed E-state index contributed by atoms with van der Waals surface area (Å²) >= 11 is 0. The van der Waals surface area contributed by atoms with E-state index in [9.17, 15) is 0 Å². The zero-order valence-corrected chi connectivity index (χ0v) is 16.8. The van der Waals surface area contributed by atoms with Gasteiger partial charge < -0.3 is 9.47 Å². The van der Waals surface area contributed by atoms with E-state index < -0.39 is 0 Å². The molecular weight excluding hydrogens is 334 g/mol. The maximum absolute atomic E-state index is 6.17. The number of hydrogen-bond donors (Lipinski definition) is 0. The largest absolute Gasteiger partial charge is 0.376 e. The first-order chi connectivity index (χ1) is 13.3. The van der Waals surface area contributed by atoms with E-state index in [1.54, 1.807) is 0 Å². The lowest BCUT2D eigenvalue weighted by Gasteiger charge is -2.52. The Kier molecular flexibility index (Phi) is 7.45. The van der Waals surface area contributed by atoms with Crippen molar-refractivity contribution in [2.75, 3.05) is 26.3 Å². The molecule has 2 aromatic rings. The standard InChI is InChI=1S/C22H27NO2.C2H6/c1-3-7-19(8-4-1)15-23-11-12-25-22(18-23)13-21(14-22)17-24-16-20-9-5-2-6-10-20;1-2/h1-10,21H,11-18H2;1-2H3. The molecule has 0 unspecified atom stereocenters. The quantitative estimate of drug-likeness (QED) is 0.724. The molecule has 2 aromatic carbocycles. The zero-order chi connectivity index (χ0) is 19.0. The van der Waals surface area contributed by atoms with Gasteiger partial charge in [-0.2, -0.15) is 0 Å². The van der Waals surface area contributed by atoms with Crippen LogP contribution in [0, 0.1) is 5.92 Å². The molecule has 1 heterocycles. The molecule has 1 saturated carbocycles. The third kappa shape index (κ3) is 5.65. The fourth-order valence-corrected chi connectivity index (χ4v) is 4.17. The van der Waals surface area contributed by atoms with E-state index in [1.807, 2.05) is 19.9 Å². The molecule has 2 aliphatic rings. The van der Waals surface area contributed by atoms with E-state index in [-0.39, 0.29) is 5.60 Å². The maximum Gasteiger partial charge on any atom is 0.0816 e. The number of benzene rings is 2. The highest BCUT2D eigenvalue weighted by Gasteiger charge is 2.47. The molecule has 0 atom stereocenters. The Morgan fingerprint density at radius 1 is 0.963 bits per heavy atom. The first-order valence-electron chi connectivity index (χ1n) is 10.3. The van der Waals surface area contributed by atoms with Gasteiger partial charge in [-0.15, -0.1) is 0 Å². The topological polar surface area (TPSA) is 21.7 Å². The zero-order valence-electron chi connectivity index (χ0n) is 16.8. The van der Waals surface area contributed by atoms with Crippen molar-refractivity contribution in [2.24, 2.45) is 5.92 Å². The van der Waals surface area contributed by atoms with Crippen molar-refractivity contribution < 1.29 is 9.47 Å². The molecular formula is C24H33NO2. The van der Waals surface area contributed by atoms with Crippen LogP contribution in [0.5, 0.6) is 0 Å². The van der Waals surface area contributed by atoms with E-state index in [2.05, 4.69) is 59.5 Å². The number of rotatable bonds is 6. The number of morpholine rings is 1. The molecule has 27 heavy (non-hydrogen) atoms. The average molecular weight is 368 g/mol. The second-order valence-electron chi connectivity index (χ2n) is 7.50. The van der Waals surface area contributed by atoms with Crippen molar-refractivity contribution in [1.29, 1.82) is 0 Å². The van der Waals surface area contributed by atoms with Gasteiger partial charge in [0.15, 0.2) is 0 Å². The van der Waals surface area contributed by atoms with Crippen molar-refractivity contribution in [1.82, 2.24) is 4.90 Å². The highest BCUT2D eigenvalue weighted by molar-refractivity contribution is 5.15. The van der Waals surface area contributed by atoms with Gasteiger partial charge in [0, 0.05) is 19.6 Å². The Bertz CT molecular complexity index is 653. The van der Waals surface area contributed by atoms with Crippen LogP contribution in [-0.2, 0) is 22.6 Å². The minimum absolute atomic E-state index is 0.0772. The normalized spacial score (nSPS) is 24.7. The molecule has 1 saturated heterocycles. The molecule has 0 N–H and O–H groups in total. The van der Waals surface area contributed by atoms with Gasteiger partial charge >= 0.3 is 0 Å². The van der Waals surface area contributed by atoms with Crippen LogP contribution < -0.4 is 0 Å². The van der Waals surface area contributed by atoms with Crippen molar-refractivity contribution in [3.63, 3.8) is 0 Å². The van der Waals surface area contributed by atoms with Gasteiger partial charge in [-0.1, -0.05) is 74.5 Å². The fourth-order valence-electron chi connectivity index (χ4n) is 4.17. The maximum atomic E-state index is 6.17. The summed E-state index contributed by atoms with van der Waals surface area (Å²) in [5.74, 6) is 0.639. The number of nitrogens with zero attached hydrogens (tertiary/aromatic N) is 1. The molecule has 1 aliphatic carbocycles. The van der Waals surface area contributed by atoms with E-state index in [0.29, 0.717) is 12.5 Å². The van der Waals surface area contributed by atoms with Crippen LogP contribution in [0.2, 0.25) is 0 Å². The van der Waals surface area contributed by atoms with Gasteiger partial charge in [0.2, 0.25) is 0 Å². The molecule has 3 nitrogen and oxygen atoms in total. The molecule has 0 amide bonds. The molecule has 0 bridgehead atoms. The van der Waals surface area contributed by atoms with Crippen molar-refractivity contribution in [3.8, 4) is 0 Å². The van der Waals surface area contributed by atoms with E-state index in [0.717, 1.165) is 45.7 Å². The van der Waals surface area contributed by atoms with Crippen LogP contribution in [0.1, 0.15) is 37.8 Å². The Labute approximate surface area is 164 Å². The van der Waals surface area contributed by atoms with Gasteiger partial charge in [-0.05, 0) is 29.9 Å². The van der Waals surface area contributed by atoms with E-state index >= 15 is 0 Å². The van der Waals surface area contributed by atoms with Crippen molar-refractivity contribution in [3.05, 3.63) is 71.8 Å². The van der Waals surface area contributed by atoms with Gasteiger partial charge in [-0.25, -0.2) is 0 Å². The van der Waals surface area contributed by atoms with Crippen molar-refractivity contribution in [2.45, 2.75) is 45.4 Å². The lowest BCUT2D eigenvalue weighted by atomic mass is 9.70. The van der Waals surface area contributed by atoms with Crippen LogP contribution >= 0.6 is 0 Å². The van der Waals surface area contributed by atoms with Crippen LogP contribution in [0.4, 0.5) is 0 Å². The molecule has 146 valence electrons. The number of hydrogen-bond acceptors (Lipinski definition) is 3. The number of ether oxygens (including phenoxy) is 2. The molecule has 2 fully saturated rings. The van der Waals surface area contributed by atoms with Gasteiger partial charge in [-0.3, -0.25) is 4.90 Å². The minimum Gasteiger partial charge on any atom is -0.376 e. The molecule has 0 radical (unpaired) electrons. The summed E-state index contributed by atoms with van der Waals surface area (Å²) in [6, 6.07) is 21.2. The third-order valence-electron chi connectivity index (χ3n) is 5.36. The Balaban J connectivity index is 0.00000102. The summed E-state index contributed by atoms with van der Waals surface area (Å²) in [6.07, 6.45) is 2.26.